The highest BCUT2D eigenvalue weighted by Gasteiger charge is 2.44. The monoisotopic (exact) mass is 811 g/mol. The molecule has 0 spiro atoms. The van der Waals surface area contributed by atoms with E-state index in [1.165, 1.54) is 82.0 Å². The molecule has 0 saturated carbocycles. The molecule has 0 atom stereocenters. The third-order valence-corrected chi connectivity index (χ3v) is 13.5. The van der Waals surface area contributed by atoms with Gasteiger partial charge in [-0.15, -0.1) is 0 Å². The van der Waals surface area contributed by atoms with Crippen molar-refractivity contribution in [3.05, 3.63) is 182 Å². The second-order valence-electron chi connectivity index (χ2n) is 19.4. The number of aromatic nitrogens is 3. The Labute approximate surface area is 368 Å². The number of hydrogen-bond donors (Lipinski definition) is 0. The summed E-state index contributed by atoms with van der Waals surface area (Å²) in [4.78, 5) is 18.7. The normalized spacial score (nSPS) is 13.5. The van der Waals surface area contributed by atoms with Gasteiger partial charge in [0.15, 0.2) is 5.82 Å². The second kappa shape index (κ2) is 13.6. The number of hydrogen-bond acceptors (Lipinski definition) is 5. The fraction of sp³-hybridized carbons (Fsp3) is 0.140. The first-order valence-corrected chi connectivity index (χ1v) is 22.0. The van der Waals surface area contributed by atoms with Crippen LogP contribution in [0.1, 0.15) is 52.7 Å². The molecular formula is C57H46BN5. The summed E-state index contributed by atoms with van der Waals surface area (Å²) in [5, 5.41) is 9.94. The molecule has 0 N–H and O–H groups in total. The van der Waals surface area contributed by atoms with E-state index in [0.717, 1.165) is 28.3 Å². The number of rotatable bonds is 3. The molecule has 63 heavy (non-hydrogen) atoms. The van der Waals surface area contributed by atoms with E-state index >= 15 is 0 Å². The smallest absolute Gasteiger partial charge is 0.252 e. The number of nitrogens with zero attached hydrogens (tertiary/aromatic N) is 5. The van der Waals surface area contributed by atoms with Crippen LogP contribution in [0.15, 0.2) is 170 Å². The molecule has 2 aliphatic rings. The molecule has 10 aromatic rings. The zero-order valence-electron chi connectivity index (χ0n) is 36.5. The summed E-state index contributed by atoms with van der Waals surface area (Å²) in [5.41, 5.74) is 14.2. The van der Waals surface area contributed by atoms with Gasteiger partial charge in [0, 0.05) is 39.7 Å². The standard InChI is InChI=1S/C57H46BN5/c1-56(2,3)40-19-23-42(24-20-40)62-50-27-37-17-15-35-11-7-9-13-44(35)46(37)31-48(50)58-49-32-47-38(18-16-36-12-8-10-14-45(36)47)28-51(49)63(43-25-21-41(22-26-43)57(4,5)6)53-30-39(29-52(62)54(53)58)55-60-33-59-34-61-55/h7-34H,1-6H3. The molecule has 2 aliphatic heterocycles. The largest absolute Gasteiger partial charge is 0.311 e. The van der Waals surface area contributed by atoms with Crippen LogP contribution in [-0.2, 0) is 10.8 Å². The number of fused-ring (bicyclic) bond motifs is 10. The minimum atomic E-state index is -0.0886. The van der Waals surface area contributed by atoms with Gasteiger partial charge in [0.2, 0.25) is 0 Å². The SMILES string of the molecule is CC(C)(C)c1ccc(N2c3cc4ccc5ccccc5c4cc3B3c4cc5c(ccc6ccccc65)cc4N(c4ccc(C(C)(C)C)cc4)c4cc(-c5ncncn5)cc2c43)cc1. The van der Waals surface area contributed by atoms with Crippen LogP contribution in [0, 0.1) is 0 Å². The van der Waals surface area contributed by atoms with Crippen LogP contribution in [0.2, 0.25) is 0 Å². The van der Waals surface area contributed by atoms with Crippen molar-refractivity contribution in [3.63, 3.8) is 0 Å². The summed E-state index contributed by atoms with van der Waals surface area (Å²) >= 11 is 0. The van der Waals surface area contributed by atoms with E-state index in [2.05, 4.69) is 214 Å². The van der Waals surface area contributed by atoms with Crippen LogP contribution < -0.4 is 26.2 Å². The predicted octanol–water partition coefficient (Wildman–Crippen LogP) is 12.8. The lowest BCUT2D eigenvalue weighted by atomic mass is 9.33. The van der Waals surface area contributed by atoms with Crippen molar-refractivity contribution in [2.45, 2.75) is 52.4 Å². The van der Waals surface area contributed by atoms with Gasteiger partial charge in [0.1, 0.15) is 12.7 Å². The lowest BCUT2D eigenvalue weighted by Crippen LogP contribution is -2.61. The first kappa shape index (κ1) is 37.5. The van der Waals surface area contributed by atoms with E-state index in [9.17, 15) is 0 Å². The number of anilines is 6. The van der Waals surface area contributed by atoms with Crippen molar-refractivity contribution in [1.29, 1.82) is 0 Å². The zero-order valence-corrected chi connectivity index (χ0v) is 36.5. The van der Waals surface area contributed by atoms with Gasteiger partial charge in [0.25, 0.3) is 6.71 Å². The summed E-state index contributed by atoms with van der Waals surface area (Å²) in [6.45, 7) is 13.6. The molecule has 9 aromatic carbocycles. The summed E-state index contributed by atoms with van der Waals surface area (Å²) in [6, 6.07) is 59.6. The quantitative estimate of drug-likeness (QED) is 0.131. The van der Waals surface area contributed by atoms with Crippen LogP contribution in [-0.4, -0.2) is 21.7 Å². The molecule has 5 nitrogen and oxygen atoms in total. The Morgan fingerprint density at radius 3 is 1.29 bits per heavy atom. The molecule has 302 valence electrons. The summed E-state index contributed by atoms with van der Waals surface area (Å²) < 4.78 is 0. The highest BCUT2D eigenvalue weighted by atomic mass is 15.2. The maximum Gasteiger partial charge on any atom is 0.252 e. The molecule has 6 heteroatoms. The minimum absolute atomic E-state index is 0.0121. The van der Waals surface area contributed by atoms with Gasteiger partial charge in [-0.25, -0.2) is 15.0 Å². The summed E-state index contributed by atoms with van der Waals surface area (Å²) in [6.07, 6.45) is 3.19. The molecule has 0 amide bonds. The Balaban J connectivity index is 1.24. The lowest BCUT2D eigenvalue weighted by Gasteiger charge is -2.44. The minimum Gasteiger partial charge on any atom is -0.311 e. The van der Waals surface area contributed by atoms with Gasteiger partial charge in [-0.2, -0.15) is 0 Å². The van der Waals surface area contributed by atoms with Crippen LogP contribution in [0.4, 0.5) is 34.1 Å². The summed E-state index contributed by atoms with van der Waals surface area (Å²) in [7, 11) is 0. The topological polar surface area (TPSA) is 45.2 Å². The lowest BCUT2D eigenvalue weighted by molar-refractivity contribution is 0.590. The Kier molecular flexibility index (Phi) is 8.08. The van der Waals surface area contributed by atoms with E-state index in [0.29, 0.717) is 5.82 Å². The fourth-order valence-electron chi connectivity index (χ4n) is 10.3. The van der Waals surface area contributed by atoms with Gasteiger partial charge >= 0.3 is 0 Å². The van der Waals surface area contributed by atoms with E-state index in [4.69, 9.17) is 9.97 Å². The maximum atomic E-state index is 4.75. The molecule has 0 unspecified atom stereocenters. The van der Waals surface area contributed by atoms with Crippen molar-refractivity contribution >= 4 is 100 Å². The van der Waals surface area contributed by atoms with Gasteiger partial charge in [0.05, 0.1) is 0 Å². The van der Waals surface area contributed by atoms with Crippen molar-refractivity contribution in [3.8, 4) is 11.4 Å². The second-order valence-corrected chi connectivity index (χ2v) is 19.4. The highest BCUT2D eigenvalue weighted by molar-refractivity contribution is 7.00. The Morgan fingerprint density at radius 2 is 0.841 bits per heavy atom. The molecule has 0 fully saturated rings. The van der Waals surface area contributed by atoms with Crippen molar-refractivity contribution in [1.82, 2.24) is 15.0 Å². The van der Waals surface area contributed by atoms with Crippen LogP contribution in [0.25, 0.3) is 54.5 Å². The predicted molar refractivity (Wildman–Crippen MR) is 267 cm³/mol. The first-order valence-electron chi connectivity index (χ1n) is 22.0. The van der Waals surface area contributed by atoms with Crippen LogP contribution in [0.3, 0.4) is 0 Å². The van der Waals surface area contributed by atoms with Crippen molar-refractivity contribution in [2.24, 2.45) is 0 Å². The molecule has 0 radical (unpaired) electrons. The third kappa shape index (κ3) is 5.88. The highest BCUT2D eigenvalue weighted by Crippen LogP contribution is 2.48. The van der Waals surface area contributed by atoms with Gasteiger partial charge in [-0.05, 0) is 130 Å². The molecule has 3 heterocycles. The van der Waals surface area contributed by atoms with E-state index in [-0.39, 0.29) is 17.5 Å². The van der Waals surface area contributed by atoms with Gasteiger partial charge in [-0.1, -0.05) is 151 Å². The van der Waals surface area contributed by atoms with Crippen molar-refractivity contribution in [2.75, 3.05) is 9.80 Å². The number of benzene rings is 9. The third-order valence-electron chi connectivity index (χ3n) is 13.5. The molecule has 1 aromatic heterocycles. The molecule has 12 rings (SSSR count). The Bertz CT molecular complexity index is 3270. The van der Waals surface area contributed by atoms with Crippen LogP contribution >= 0.6 is 0 Å². The van der Waals surface area contributed by atoms with Crippen molar-refractivity contribution < 1.29 is 0 Å². The van der Waals surface area contributed by atoms with Gasteiger partial charge in [-0.3, -0.25) is 0 Å². The molecule has 0 saturated heterocycles. The average Bonchev–Trinajstić information content (AvgIpc) is 3.30. The zero-order chi connectivity index (χ0) is 42.8. The van der Waals surface area contributed by atoms with E-state index in [1.54, 1.807) is 12.7 Å². The van der Waals surface area contributed by atoms with E-state index in [1.807, 2.05) is 0 Å². The summed E-state index contributed by atoms with van der Waals surface area (Å²) in [5.74, 6) is 0.637. The molecule has 0 bridgehead atoms. The maximum absolute atomic E-state index is 4.75. The fourth-order valence-corrected chi connectivity index (χ4v) is 10.3. The first-order chi connectivity index (χ1) is 30.5. The van der Waals surface area contributed by atoms with E-state index < -0.39 is 0 Å². The Morgan fingerprint density at radius 1 is 0.413 bits per heavy atom. The average molecular weight is 812 g/mol. The Hall–Kier alpha value is -7.31. The van der Waals surface area contributed by atoms with Gasteiger partial charge < -0.3 is 9.80 Å². The molecule has 0 aliphatic carbocycles. The van der Waals surface area contributed by atoms with Crippen LogP contribution in [0.5, 0.6) is 0 Å². The molecular weight excluding hydrogens is 765 g/mol.